The second-order valence-corrected chi connectivity index (χ2v) is 9.58. The maximum absolute atomic E-state index is 12.7. The molecule has 0 aromatic heterocycles. The van der Waals surface area contributed by atoms with Gasteiger partial charge in [-0.15, -0.1) is 0 Å². The average molecular weight is 442 g/mol. The van der Waals surface area contributed by atoms with Gasteiger partial charge >= 0.3 is 0 Å². The number of benzene rings is 1. The average Bonchev–Trinajstić information content (AvgIpc) is 3.05. The third-order valence-electron chi connectivity index (χ3n) is 6.37. The summed E-state index contributed by atoms with van der Waals surface area (Å²) >= 11 is 0. The summed E-state index contributed by atoms with van der Waals surface area (Å²) in [6.07, 6.45) is 5.32. The first-order valence-electron chi connectivity index (χ1n) is 11.8. The molecule has 5 heteroatoms. The first-order chi connectivity index (χ1) is 15.1. The van der Waals surface area contributed by atoms with Crippen LogP contribution in [-0.4, -0.2) is 27.9 Å². The standard InChI is InChI=1S/C27H39NO4/c1-6-17(2)14-19(4)16-20(5)15-18(3)12-13-22(29)23-26(31)24(28-27(23)32)25(30)21-10-8-7-9-11-21/h7-11,16-19,24-25,30-31H,6,12-15H2,1-5H3,(H,28,32)/b20-16+/t17-,18-,19+,24-,25-/m0/s1. The number of aliphatic hydroxyl groups excluding tert-OH is 2. The lowest BCUT2D eigenvalue weighted by molar-refractivity contribution is -0.122. The predicted molar refractivity (Wildman–Crippen MR) is 128 cm³/mol. The van der Waals surface area contributed by atoms with Crippen LogP contribution in [0.3, 0.4) is 0 Å². The van der Waals surface area contributed by atoms with E-state index in [9.17, 15) is 19.8 Å². The van der Waals surface area contributed by atoms with Gasteiger partial charge in [0.1, 0.15) is 23.5 Å². The van der Waals surface area contributed by atoms with Crippen LogP contribution in [0.25, 0.3) is 0 Å². The molecule has 5 atom stereocenters. The van der Waals surface area contributed by atoms with Gasteiger partial charge in [-0.1, -0.05) is 76.1 Å². The van der Waals surface area contributed by atoms with Crippen molar-refractivity contribution in [2.24, 2.45) is 17.8 Å². The number of hydrogen-bond donors (Lipinski definition) is 3. The fourth-order valence-electron chi connectivity index (χ4n) is 4.47. The lowest BCUT2D eigenvalue weighted by Gasteiger charge is -2.18. The Labute approximate surface area is 192 Å². The number of hydrogen-bond acceptors (Lipinski definition) is 4. The molecule has 3 N–H and O–H groups in total. The van der Waals surface area contributed by atoms with Crippen LogP contribution in [0, 0.1) is 17.8 Å². The molecule has 2 rings (SSSR count). The zero-order valence-electron chi connectivity index (χ0n) is 20.1. The molecule has 0 bridgehead atoms. The Morgan fingerprint density at radius 3 is 2.44 bits per heavy atom. The maximum atomic E-state index is 12.7. The summed E-state index contributed by atoms with van der Waals surface area (Å²) in [4.78, 5) is 25.1. The SMILES string of the molecule is CC[C@H](C)C[C@@H](C)/C=C(\C)C[C@@H](C)CCC(=O)C1=C(O)[C@H]([C@@H](O)c2ccccc2)NC1=O. The van der Waals surface area contributed by atoms with Crippen molar-refractivity contribution in [1.82, 2.24) is 5.32 Å². The van der Waals surface area contributed by atoms with Crippen LogP contribution in [-0.2, 0) is 9.59 Å². The number of aliphatic hydroxyl groups is 2. The fourth-order valence-corrected chi connectivity index (χ4v) is 4.47. The van der Waals surface area contributed by atoms with Crippen molar-refractivity contribution in [1.29, 1.82) is 0 Å². The van der Waals surface area contributed by atoms with Gasteiger partial charge in [0, 0.05) is 6.42 Å². The van der Waals surface area contributed by atoms with Gasteiger partial charge in [-0.2, -0.15) is 0 Å². The van der Waals surface area contributed by atoms with Gasteiger partial charge in [0.25, 0.3) is 5.91 Å². The van der Waals surface area contributed by atoms with Crippen LogP contribution in [0.4, 0.5) is 0 Å². The van der Waals surface area contributed by atoms with Gasteiger partial charge in [0.15, 0.2) is 5.78 Å². The Morgan fingerprint density at radius 1 is 1.16 bits per heavy atom. The number of carbonyl (C=O) groups is 2. The predicted octanol–water partition coefficient (Wildman–Crippen LogP) is 5.42. The van der Waals surface area contributed by atoms with E-state index in [0.717, 1.165) is 6.42 Å². The van der Waals surface area contributed by atoms with Crippen LogP contribution in [0.1, 0.15) is 78.4 Å². The van der Waals surface area contributed by atoms with E-state index in [1.807, 2.05) is 6.07 Å². The minimum atomic E-state index is -1.12. The third kappa shape index (κ3) is 7.06. The maximum Gasteiger partial charge on any atom is 0.259 e. The summed E-state index contributed by atoms with van der Waals surface area (Å²) in [6, 6.07) is 7.78. The van der Waals surface area contributed by atoms with E-state index >= 15 is 0 Å². The van der Waals surface area contributed by atoms with Crippen molar-refractivity contribution in [3.63, 3.8) is 0 Å². The zero-order chi connectivity index (χ0) is 23.8. The second kappa shape index (κ2) is 12.0. The van der Waals surface area contributed by atoms with Crippen molar-refractivity contribution >= 4 is 11.7 Å². The van der Waals surface area contributed by atoms with Crippen LogP contribution >= 0.6 is 0 Å². The molecule has 0 spiro atoms. The lowest BCUT2D eigenvalue weighted by Crippen LogP contribution is -2.34. The second-order valence-electron chi connectivity index (χ2n) is 9.58. The van der Waals surface area contributed by atoms with Crippen molar-refractivity contribution in [2.75, 3.05) is 0 Å². The van der Waals surface area contributed by atoms with E-state index in [0.29, 0.717) is 29.7 Å². The van der Waals surface area contributed by atoms with E-state index in [1.54, 1.807) is 24.3 Å². The molecule has 1 amide bonds. The Balaban J connectivity index is 1.93. The summed E-state index contributed by atoms with van der Waals surface area (Å²) in [5.74, 6) is 0.196. The topological polar surface area (TPSA) is 86.6 Å². The van der Waals surface area contributed by atoms with E-state index in [1.165, 1.54) is 18.4 Å². The number of ketones is 1. The van der Waals surface area contributed by atoms with Crippen LogP contribution < -0.4 is 5.32 Å². The molecule has 0 unspecified atom stereocenters. The first-order valence-corrected chi connectivity index (χ1v) is 11.8. The van der Waals surface area contributed by atoms with Gasteiger partial charge in [-0.05, 0) is 49.5 Å². The van der Waals surface area contributed by atoms with Gasteiger partial charge in [-0.25, -0.2) is 0 Å². The highest BCUT2D eigenvalue weighted by Gasteiger charge is 2.39. The number of carbonyl (C=O) groups excluding carboxylic acids is 2. The molecule has 5 nitrogen and oxygen atoms in total. The number of rotatable bonds is 12. The summed E-state index contributed by atoms with van der Waals surface area (Å²) < 4.78 is 0. The molecule has 32 heavy (non-hydrogen) atoms. The van der Waals surface area contributed by atoms with Gasteiger partial charge in [-0.3, -0.25) is 9.59 Å². The molecule has 1 aromatic rings. The van der Waals surface area contributed by atoms with Crippen LogP contribution in [0.2, 0.25) is 0 Å². The number of allylic oxidation sites excluding steroid dienone is 2. The molecule has 0 saturated carbocycles. The van der Waals surface area contributed by atoms with Crippen LogP contribution in [0.15, 0.2) is 53.3 Å². The van der Waals surface area contributed by atoms with E-state index in [-0.39, 0.29) is 23.5 Å². The largest absolute Gasteiger partial charge is 0.509 e. The minimum Gasteiger partial charge on any atom is -0.509 e. The molecule has 176 valence electrons. The third-order valence-corrected chi connectivity index (χ3v) is 6.37. The molecule has 0 aliphatic carbocycles. The van der Waals surface area contributed by atoms with Gasteiger partial charge < -0.3 is 15.5 Å². The van der Waals surface area contributed by atoms with Gasteiger partial charge in [0.2, 0.25) is 0 Å². The van der Waals surface area contributed by atoms with Crippen molar-refractivity contribution in [2.45, 2.75) is 78.9 Å². The molecule has 1 aliphatic heterocycles. The fraction of sp³-hybridized carbons (Fsp3) is 0.556. The number of amides is 1. The highest BCUT2D eigenvalue weighted by molar-refractivity contribution is 6.21. The molecule has 1 aromatic carbocycles. The first kappa shape index (κ1) is 25.9. The Bertz CT molecular complexity index is 842. The van der Waals surface area contributed by atoms with Crippen LogP contribution in [0.5, 0.6) is 0 Å². The smallest absolute Gasteiger partial charge is 0.259 e. The highest BCUT2D eigenvalue weighted by atomic mass is 16.3. The Hall–Kier alpha value is -2.40. The minimum absolute atomic E-state index is 0.192. The van der Waals surface area contributed by atoms with Gasteiger partial charge in [0.05, 0.1) is 0 Å². The Kier molecular flexibility index (Phi) is 9.70. The highest BCUT2D eigenvalue weighted by Crippen LogP contribution is 2.28. The van der Waals surface area contributed by atoms with Crippen molar-refractivity contribution < 1.29 is 19.8 Å². The molecular formula is C27H39NO4. The van der Waals surface area contributed by atoms with Crippen molar-refractivity contribution in [3.05, 3.63) is 58.9 Å². The normalized spacial score (nSPS) is 20.6. The number of nitrogens with one attached hydrogen (secondary N) is 1. The number of Topliss-reactive ketones (excluding diaryl/α,β-unsaturated/α-hetero) is 1. The summed E-state index contributed by atoms with van der Waals surface area (Å²) in [5, 5.41) is 23.6. The molecule has 0 saturated heterocycles. The van der Waals surface area contributed by atoms with E-state index < -0.39 is 18.1 Å². The molecule has 1 heterocycles. The monoisotopic (exact) mass is 441 g/mol. The van der Waals surface area contributed by atoms with E-state index in [2.05, 4.69) is 46.0 Å². The quantitative estimate of drug-likeness (QED) is 0.298. The lowest BCUT2D eigenvalue weighted by atomic mass is 9.90. The molecule has 1 aliphatic rings. The van der Waals surface area contributed by atoms with Crippen molar-refractivity contribution in [3.8, 4) is 0 Å². The summed E-state index contributed by atoms with van der Waals surface area (Å²) in [7, 11) is 0. The Morgan fingerprint density at radius 2 is 1.81 bits per heavy atom. The van der Waals surface area contributed by atoms with E-state index in [4.69, 9.17) is 0 Å². The zero-order valence-corrected chi connectivity index (χ0v) is 20.1. The molecule has 0 radical (unpaired) electrons. The molecular weight excluding hydrogens is 402 g/mol. The summed E-state index contributed by atoms with van der Waals surface area (Å²) in [6.45, 7) is 11.0. The molecule has 0 fully saturated rings. The summed E-state index contributed by atoms with van der Waals surface area (Å²) in [5.41, 5.74) is 1.68.